The molecule has 4 heteroatoms. The Morgan fingerprint density at radius 3 is 2.27 bits per heavy atom. The highest BCUT2D eigenvalue weighted by atomic mass is 31.2. The van der Waals surface area contributed by atoms with Gasteiger partial charge in [-0.05, 0) is 31.3 Å². The Morgan fingerprint density at radius 2 is 1.73 bits per heavy atom. The van der Waals surface area contributed by atoms with Crippen molar-refractivity contribution in [3.8, 4) is 0 Å². The largest absolute Gasteiger partial charge is 0.399 e. The van der Waals surface area contributed by atoms with E-state index in [0.29, 0.717) is 0 Å². The molecule has 82 valence electrons. The molecule has 15 heavy (non-hydrogen) atoms. The Bertz CT molecular complexity index is 376. The van der Waals surface area contributed by atoms with Crippen LogP contribution in [0.1, 0.15) is 0 Å². The zero-order valence-corrected chi connectivity index (χ0v) is 9.91. The predicted molar refractivity (Wildman–Crippen MR) is 65.3 cm³/mol. The summed E-state index contributed by atoms with van der Waals surface area (Å²) in [4.78, 5) is 2.23. The van der Waals surface area contributed by atoms with Crippen LogP contribution in [0, 0.1) is 0 Å². The molecule has 2 N–H and O–H groups in total. The summed E-state index contributed by atoms with van der Waals surface area (Å²) in [5, 5.41) is 0.991. The molecule has 1 aliphatic heterocycles. The van der Waals surface area contributed by atoms with Gasteiger partial charge in [-0.25, -0.2) is 0 Å². The molecule has 0 saturated carbocycles. The minimum Gasteiger partial charge on any atom is -0.399 e. The predicted octanol–water partition coefficient (Wildman–Crippen LogP) is 1.20. The molecule has 1 fully saturated rings. The fourth-order valence-corrected chi connectivity index (χ4v) is 4.65. The first-order valence-corrected chi connectivity index (χ1v) is 7.31. The van der Waals surface area contributed by atoms with E-state index in [1.807, 2.05) is 24.3 Å². The van der Waals surface area contributed by atoms with E-state index in [4.69, 9.17) is 5.73 Å². The van der Waals surface area contributed by atoms with Gasteiger partial charge >= 0.3 is 0 Å². The number of anilines is 1. The highest BCUT2D eigenvalue weighted by Gasteiger charge is 2.28. The fourth-order valence-electron chi connectivity index (χ4n) is 1.89. The molecule has 0 aliphatic carbocycles. The average Bonchev–Trinajstić information content (AvgIpc) is 2.24. The molecule has 1 aromatic carbocycles. The summed E-state index contributed by atoms with van der Waals surface area (Å²) in [6.45, 7) is 1.86. The monoisotopic (exact) mass is 224 g/mol. The lowest BCUT2D eigenvalue weighted by Crippen LogP contribution is -2.34. The Hall–Kier alpha value is -0.790. The van der Waals surface area contributed by atoms with Crippen LogP contribution in [0.2, 0.25) is 0 Å². The summed E-state index contributed by atoms with van der Waals surface area (Å²) in [5.41, 5.74) is 6.36. The molecule has 0 amide bonds. The highest BCUT2D eigenvalue weighted by Crippen LogP contribution is 2.45. The van der Waals surface area contributed by atoms with Crippen molar-refractivity contribution < 1.29 is 4.57 Å². The first kappa shape index (κ1) is 10.7. The zero-order chi connectivity index (χ0) is 10.9. The Kier molecular flexibility index (Phi) is 2.85. The molecule has 0 spiro atoms. The van der Waals surface area contributed by atoms with Crippen molar-refractivity contribution in [2.75, 3.05) is 38.2 Å². The number of hydrogen-bond acceptors (Lipinski definition) is 3. The van der Waals surface area contributed by atoms with E-state index in [9.17, 15) is 4.57 Å². The molecule has 3 nitrogen and oxygen atoms in total. The zero-order valence-electron chi connectivity index (χ0n) is 9.02. The number of nitrogen functional groups attached to an aromatic ring is 1. The molecule has 0 atom stereocenters. The van der Waals surface area contributed by atoms with Gasteiger partial charge in [0.25, 0.3) is 0 Å². The normalized spacial score (nSPS) is 21.4. The van der Waals surface area contributed by atoms with Gasteiger partial charge in [0.15, 0.2) is 0 Å². The van der Waals surface area contributed by atoms with Crippen molar-refractivity contribution in [2.45, 2.75) is 0 Å². The van der Waals surface area contributed by atoms with Gasteiger partial charge in [-0.3, -0.25) is 0 Å². The smallest absolute Gasteiger partial charge is 0.118 e. The molecule has 2 rings (SSSR count). The van der Waals surface area contributed by atoms with Crippen LogP contribution < -0.4 is 11.0 Å². The molecular weight excluding hydrogens is 207 g/mol. The molecule has 0 radical (unpaired) electrons. The van der Waals surface area contributed by atoms with E-state index in [0.717, 1.165) is 36.4 Å². The van der Waals surface area contributed by atoms with E-state index < -0.39 is 7.14 Å². The minimum absolute atomic E-state index is 0.736. The molecule has 0 aromatic heterocycles. The maximum Gasteiger partial charge on any atom is 0.118 e. The second-order valence-electron chi connectivity index (χ2n) is 4.23. The molecule has 1 aromatic rings. The van der Waals surface area contributed by atoms with Gasteiger partial charge in [-0.15, -0.1) is 0 Å². The minimum atomic E-state index is -2.12. The van der Waals surface area contributed by atoms with E-state index in [2.05, 4.69) is 11.9 Å². The van der Waals surface area contributed by atoms with Crippen LogP contribution in [0.5, 0.6) is 0 Å². The Morgan fingerprint density at radius 1 is 1.20 bits per heavy atom. The van der Waals surface area contributed by atoms with E-state index in [1.54, 1.807) is 0 Å². The van der Waals surface area contributed by atoms with Crippen molar-refractivity contribution in [3.63, 3.8) is 0 Å². The van der Waals surface area contributed by atoms with Gasteiger partial charge in [0.1, 0.15) is 7.14 Å². The van der Waals surface area contributed by atoms with Crippen LogP contribution in [0.25, 0.3) is 0 Å². The lowest BCUT2D eigenvalue weighted by atomic mass is 10.3. The van der Waals surface area contributed by atoms with E-state index in [-0.39, 0.29) is 0 Å². The van der Waals surface area contributed by atoms with Crippen molar-refractivity contribution in [1.82, 2.24) is 4.90 Å². The van der Waals surface area contributed by atoms with Crippen LogP contribution in [0.4, 0.5) is 5.69 Å². The molecule has 0 unspecified atom stereocenters. The van der Waals surface area contributed by atoms with Gasteiger partial charge in [0, 0.05) is 36.4 Å². The molecular formula is C11H17N2OP. The van der Waals surface area contributed by atoms with Crippen molar-refractivity contribution >= 4 is 18.1 Å². The fraction of sp³-hybridized carbons (Fsp3) is 0.455. The summed E-state index contributed by atoms with van der Waals surface area (Å²) in [7, 11) is -0.0443. The number of nitrogens with two attached hydrogens (primary N) is 1. The Labute approximate surface area is 90.6 Å². The van der Waals surface area contributed by atoms with Crippen LogP contribution in [0.3, 0.4) is 0 Å². The summed E-state index contributed by atoms with van der Waals surface area (Å²) in [6, 6.07) is 7.52. The number of hydrogen-bond donors (Lipinski definition) is 1. The van der Waals surface area contributed by atoms with Crippen molar-refractivity contribution in [3.05, 3.63) is 24.3 Å². The maximum atomic E-state index is 12.6. The topological polar surface area (TPSA) is 46.3 Å². The van der Waals surface area contributed by atoms with Gasteiger partial charge in [-0.2, -0.15) is 0 Å². The van der Waals surface area contributed by atoms with Gasteiger partial charge in [-0.1, -0.05) is 0 Å². The quantitative estimate of drug-likeness (QED) is 0.576. The molecule has 1 aliphatic rings. The van der Waals surface area contributed by atoms with Gasteiger partial charge in [0.05, 0.1) is 0 Å². The summed E-state index contributed by atoms with van der Waals surface area (Å²) < 4.78 is 12.6. The lowest BCUT2D eigenvalue weighted by Gasteiger charge is -2.29. The van der Waals surface area contributed by atoms with Crippen LogP contribution in [-0.2, 0) is 4.57 Å². The SMILES string of the molecule is CN1CCP(=O)(c2ccc(N)cc2)CC1. The second kappa shape index (κ2) is 3.99. The first-order valence-electron chi connectivity index (χ1n) is 5.23. The van der Waals surface area contributed by atoms with Gasteiger partial charge in [0.2, 0.25) is 0 Å². The third-order valence-electron chi connectivity index (χ3n) is 3.05. The van der Waals surface area contributed by atoms with E-state index >= 15 is 0 Å². The molecule has 1 heterocycles. The van der Waals surface area contributed by atoms with E-state index in [1.165, 1.54) is 0 Å². The summed E-state index contributed by atoms with van der Waals surface area (Å²) in [6.07, 6.45) is 1.60. The second-order valence-corrected chi connectivity index (χ2v) is 7.42. The van der Waals surface area contributed by atoms with Crippen LogP contribution in [-0.4, -0.2) is 37.4 Å². The standard InChI is InChI=1S/C11H17N2OP/c1-13-6-8-15(14,9-7-13)11-4-2-10(12)3-5-11/h2-5H,6-9,12H2,1H3. The maximum absolute atomic E-state index is 12.6. The summed E-state index contributed by atoms with van der Waals surface area (Å²) in [5.74, 6) is 0. The van der Waals surface area contributed by atoms with Crippen molar-refractivity contribution in [1.29, 1.82) is 0 Å². The third kappa shape index (κ3) is 2.24. The third-order valence-corrected chi connectivity index (χ3v) is 6.13. The number of nitrogens with zero attached hydrogens (tertiary/aromatic N) is 1. The molecule has 1 saturated heterocycles. The average molecular weight is 224 g/mol. The Balaban J connectivity index is 2.23. The number of benzene rings is 1. The lowest BCUT2D eigenvalue weighted by molar-refractivity contribution is 0.361. The highest BCUT2D eigenvalue weighted by molar-refractivity contribution is 7.71. The number of rotatable bonds is 1. The van der Waals surface area contributed by atoms with Crippen molar-refractivity contribution in [2.24, 2.45) is 0 Å². The van der Waals surface area contributed by atoms with Crippen LogP contribution >= 0.6 is 7.14 Å². The van der Waals surface area contributed by atoms with Crippen LogP contribution in [0.15, 0.2) is 24.3 Å². The molecule has 0 bridgehead atoms. The van der Waals surface area contributed by atoms with Gasteiger partial charge < -0.3 is 15.2 Å². The summed E-state index contributed by atoms with van der Waals surface area (Å²) >= 11 is 0. The first-order chi connectivity index (χ1) is 7.10.